The summed E-state index contributed by atoms with van der Waals surface area (Å²) in [5.41, 5.74) is 1.75. The molecule has 5 unspecified atom stereocenters. The van der Waals surface area contributed by atoms with Crippen molar-refractivity contribution < 1.29 is 5.11 Å². The lowest BCUT2D eigenvalue weighted by Crippen LogP contribution is -2.55. The molecule has 1 nitrogen and oxygen atoms in total. The summed E-state index contributed by atoms with van der Waals surface area (Å²) >= 11 is 0. The van der Waals surface area contributed by atoms with Gasteiger partial charge in [-0.25, -0.2) is 0 Å². The minimum atomic E-state index is -0.434. The zero-order chi connectivity index (χ0) is 15.8. The van der Waals surface area contributed by atoms with Gasteiger partial charge >= 0.3 is 0 Å². The number of rotatable bonds is 0. The molecule has 7 atom stereocenters. The topological polar surface area (TPSA) is 20.2 Å². The van der Waals surface area contributed by atoms with Crippen molar-refractivity contribution in [2.24, 2.45) is 34.5 Å². The second-order valence-electron chi connectivity index (χ2n) is 9.89. The molecule has 0 radical (unpaired) electrons. The summed E-state index contributed by atoms with van der Waals surface area (Å²) in [6.45, 7) is 11.5. The Balaban J connectivity index is 1.67. The molecule has 4 rings (SSSR count). The lowest BCUT2D eigenvalue weighted by Gasteiger charge is -2.61. The highest BCUT2D eigenvalue weighted by atomic mass is 16.3. The summed E-state index contributed by atoms with van der Waals surface area (Å²) < 4.78 is 0. The molecular weight excluding hydrogens is 268 g/mol. The molecule has 4 saturated carbocycles. The molecule has 0 spiro atoms. The zero-order valence-electron chi connectivity index (χ0n) is 14.8. The Morgan fingerprint density at radius 1 is 0.955 bits per heavy atom. The fourth-order valence-corrected chi connectivity index (χ4v) is 7.53. The Morgan fingerprint density at radius 3 is 2.45 bits per heavy atom. The second-order valence-corrected chi connectivity index (χ2v) is 9.89. The minimum absolute atomic E-state index is 0.170. The van der Waals surface area contributed by atoms with Crippen LogP contribution in [0.2, 0.25) is 0 Å². The highest BCUT2D eigenvalue weighted by Crippen LogP contribution is 2.68. The summed E-state index contributed by atoms with van der Waals surface area (Å²) in [6, 6.07) is 0. The molecule has 0 aromatic rings. The SMILES string of the molecule is C=C1CC[C@@H]2CCC3C(CCC4(C)C3CC[C@]4(C)O)C2(C)C1. The van der Waals surface area contributed by atoms with Gasteiger partial charge in [-0.2, -0.15) is 0 Å². The normalized spacial score (nSPS) is 57.9. The first kappa shape index (κ1) is 15.2. The third-order valence-corrected chi connectivity index (χ3v) is 9.10. The van der Waals surface area contributed by atoms with Gasteiger partial charge in [0, 0.05) is 0 Å². The molecule has 22 heavy (non-hydrogen) atoms. The third kappa shape index (κ3) is 1.81. The molecule has 4 aliphatic rings. The van der Waals surface area contributed by atoms with E-state index in [1.807, 2.05) is 0 Å². The molecule has 1 heteroatoms. The van der Waals surface area contributed by atoms with Crippen molar-refractivity contribution in [1.82, 2.24) is 0 Å². The molecule has 124 valence electrons. The largest absolute Gasteiger partial charge is 0.390 e. The number of hydrogen-bond acceptors (Lipinski definition) is 1. The molecule has 1 N–H and O–H groups in total. The van der Waals surface area contributed by atoms with Crippen LogP contribution in [0.3, 0.4) is 0 Å². The fraction of sp³-hybridized carbons (Fsp3) is 0.905. The summed E-state index contributed by atoms with van der Waals surface area (Å²) in [7, 11) is 0. The Hall–Kier alpha value is -0.300. The highest BCUT2D eigenvalue weighted by Gasteiger charge is 2.62. The number of hydrogen-bond donors (Lipinski definition) is 1. The first-order chi connectivity index (χ1) is 10.3. The molecule has 0 amide bonds. The van der Waals surface area contributed by atoms with Crippen LogP contribution in [0.4, 0.5) is 0 Å². The van der Waals surface area contributed by atoms with Gasteiger partial charge < -0.3 is 5.11 Å². The Labute approximate surface area is 136 Å². The van der Waals surface area contributed by atoms with E-state index in [0.29, 0.717) is 5.41 Å². The van der Waals surface area contributed by atoms with Gasteiger partial charge in [0.25, 0.3) is 0 Å². The molecule has 0 heterocycles. The molecule has 4 aliphatic carbocycles. The van der Waals surface area contributed by atoms with Gasteiger partial charge in [-0.05, 0) is 99.2 Å². The highest BCUT2D eigenvalue weighted by molar-refractivity contribution is 5.16. The van der Waals surface area contributed by atoms with E-state index in [9.17, 15) is 5.11 Å². The van der Waals surface area contributed by atoms with Crippen LogP contribution >= 0.6 is 0 Å². The maximum absolute atomic E-state index is 11.0. The van der Waals surface area contributed by atoms with Crippen LogP contribution in [0.1, 0.15) is 78.6 Å². The van der Waals surface area contributed by atoms with Crippen molar-refractivity contribution in [3.8, 4) is 0 Å². The van der Waals surface area contributed by atoms with Gasteiger partial charge in [-0.1, -0.05) is 26.0 Å². The quantitative estimate of drug-likeness (QED) is 0.599. The standard InChI is InChI=1S/C21H34O/c1-14-5-6-15-7-8-16-17(19(15,2)13-14)9-11-20(3)18(16)10-12-21(20,4)22/h15-18,22H,1,5-13H2,2-4H3/t15-,16?,17?,18?,19?,20?,21+/m1/s1. The minimum Gasteiger partial charge on any atom is -0.390 e. The van der Waals surface area contributed by atoms with Gasteiger partial charge in [0.1, 0.15) is 0 Å². The predicted molar refractivity (Wildman–Crippen MR) is 91.5 cm³/mol. The van der Waals surface area contributed by atoms with Crippen LogP contribution in [-0.4, -0.2) is 10.7 Å². The Bertz CT molecular complexity index is 492. The molecule has 0 aromatic heterocycles. The van der Waals surface area contributed by atoms with Crippen molar-refractivity contribution in [2.45, 2.75) is 84.2 Å². The van der Waals surface area contributed by atoms with Crippen LogP contribution < -0.4 is 0 Å². The molecule has 0 bridgehead atoms. The van der Waals surface area contributed by atoms with E-state index in [2.05, 4.69) is 27.4 Å². The number of allylic oxidation sites excluding steroid dienone is 1. The van der Waals surface area contributed by atoms with Crippen LogP contribution in [0.25, 0.3) is 0 Å². The smallest absolute Gasteiger partial charge is 0.0675 e. The summed E-state index contributed by atoms with van der Waals surface area (Å²) in [5.74, 6) is 3.44. The lowest BCUT2D eigenvalue weighted by atomic mass is 9.44. The van der Waals surface area contributed by atoms with E-state index >= 15 is 0 Å². The van der Waals surface area contributed by atoms with E-state index in [4.69, 9.17) is 0 Å². The van der Waals surface area contributed by atoms with Crippen molar-refractivity contribution in [3.05, 3.63) is 12.2 Å². The summed E-state index contributed by atoms with van der Waals surface area (Å²) in [5, 5.41) is 11.0. The van der Waals surface area contributed by atoms with Gasteiger partial charge in [-0.15, -0.1) is 0 Å². The fourth-order valence-electron chi connectivity index (χ4n) is 7.53. The molecule has 0 aliphatic heterocycles. The van der Waals surface area contributed by atoms with E-state index in [0.717, 1.165) is 30.1 Å². The Morgan fingerprint density at radius 2 is 1.68 bits per heavy atom. The van der Waals surface area contributed by atoms with Crippen LogP contribution in [0, 0.1) is 34.5 Å². The van der Waals surface area contributed by atoms with Crippen LogP contribution in [0.5, 0.6) is 0 Å². The maximum Gasteiger partial charge on any atom is 0.0675 e. The van der Waals surface area contributed by atoms with Crippen molar-refractivity contribution >= 4 is 0 Å². The summed E-state index contributed by atoms with van der Waals surface area (Å²) in [4.78, 5) is 0. The third-order valence-electron chi connectivity index (χ3n) is 9.10. The number of fused-ring (bicyclic) bond motifs is 5. The Kier molecular flexibility index (Phi) is 3.20. The second kappa shape index (κ2) is 4.62. The van der Waals surface area contributed by atoms with Gasteiger partial charge in [0.05, 0.1) is 5.60 Å². The van der Waals surface area contributed by atoms with Crippen molar-refractivity contribution in [3.63, 3.8) is 0 Å². The first-order valence-electron chi connectivity index (χ1n) is 9.67. The van der Waals surface area contributed by atoms with Crippen LogP contribution in [0.15, 0.2) is 12.2 Å². The van der Waals surface area contributed by atoms with Crippen molar-refractivity contribution in [2.75, 3.05) is 0 Å². The molecule has 0 saturated heterocycles. The number of aliphatic hydroxyl groups is 1. The predicted octanol–water partition coefficient (Wildman–Crippen LogP) is 5.34. The molecular formula is C21H34O. The zero-order valence-corrected chi connectivity index (χ0v) is 14.8. The molecule has 4 fully saturated rings. The van der Waals surface area contributed by atoms with Gasteiger partial charge in [0.2, 0.25) is 0 Å². The lowest BCUT2D eigenvalue weighted by molar-refractivity contribution is -0.141. The van der Waals surface area contributed by atoms with E-state index < -0.39 is 5.60 Å². The summed E-state index contributed by atoms with van der Waals surface area (Å²) in [6.07, 6.45) is 11.6. The first-order valence-corrected chi connectivity index (χ1v) is 9.67. The monoisotopic (exact) mass is 302 g/mol. The van der Waals surface area contributed by atoms with E-state index in [1.165, 1.54) is 56.9 Å². The van der Waals surface area contributed by atoms with Crippen molar-refractivity contribution in [1.29, 1.82) is 0 Å². The van der Waals surface area contributed by atoms with Gasteiger partial charge in [-0.3, -0.25) is 0 Å². The van der Waals surface area contributed by atoms with Gasteiger partial charge in [0.15, 0.2) is 0 Å². The van der Waals surface area contributed by atoms with Crippen LogP contribution in [-0.2, 0) is 0 Å². The molecule has 0 aromatic carbocycles. The maximum atomic E-state index is 11.0. The average Bonchev–Trinajstić information content (AvgIpc) is 2.68. The average molecular weight is 303 g/mol. The van der Waals surface area contributed by atoms with E-state index in [1.54, 1.807) is 0 Å². The van der Waals surface area contributed by atoms with E-state index in [-0.39, 0.29) is 5.41 Å².